The molecule has 0 amide bonds. The van der Waals surface area contributed by atoms with E-state index in [-0.39, 0.29) is 12.4 Å². The molecular weight excluding hydrogens is 207 g/mol. The number of alkyl halides is 2. The number of rotatable bonds is 1. The standard InChI is InChI=1S/C2H2BrClO2.ClH/c3-1(4)2(5)6;/h1H,(H,5,6);1H. The van der Waals surface area contributed by atoms with Crippen molar-refractivity contribution in [1.29, 1.82) is 0 Å². The number of hydrogen-bond acceptors (Lipinski definition) is 1. The Labute approximate surface area is 60.4 Å². The first-order valence-electron chi connectivity index (χ1n) is 1.15. The maximum Gasteiger partial charge on any atom is 0.332 e. The molecular formula is C2H3BrCl2O2. The van der Waals surface area contributed by atoms with Gasteiger partial charge >= 0.3 is 5.97 Å². The van der Waals surface area contributed by atoms with Crippen LogP contribution in [0, 0.1) is 0 Å². The predicted octanol–water partition coefficient (Wildman–Crippen LogP) is 1.45. The highest BCUT2D eigenvalue weighted by Gasteiger charge is 2.04. The van der Waals surface area contributed by atoms with Gasteiger partial charge in [0.25, 0.3) is 0 Å². The molecule has 0 aliphatic rings. The van der Waals surface area contributed by atoms with Crippen molar-refractivity contribution in [2.75, 3.05) is 0 Å². The Morgan fingerprint density at radius 3 is 2.00 bits per heavy atom. The summed E-state index contributed by atoms with van der Waals surface area (Å²) in [4.78, 5) is 9.52. The summed E-state index contributed by atoms with van der Waals surface area (Å²) in [6.07, 6.45) is 0. The fourth-order valence-corrected chi connectivity index (χ4v) is 0. The minimum Gasteiger partial charge on any atom is -0.480 e. The summed E-state index contributed by atoms with van der Waals surface area (Å²) in [6.45, 7) is 0. The average Bonchev–Trinajstić information content (AvgIpc) is 1.36. The number of hydrogen-bond donors (Lipinski definition) is 1. The van der Waals surface area contributed by atoms with Crippen LogP contribution in [0.15, 0.2) is 0 Å². The van der Waals surface area contributed by atoms with Gasteiger partial charge in [0.2, 0.25) is 0 Å². The molecule has 0 saturated heterocycles. The molecule has 0 aromatic rings. The summed E-state index contributed by atoms with van der Waals surface area (Å²) in [6, 6.07) is 0. The predicted molar refractivity (Wildman–Crippen MR) is 33.5 cm³/mol. The molecule has 0 radical (unpaired) electrons. The lowest BCUT2D eigenvalue weighted by Crippen LogP contribution is -2.03. The number of carbonyl (C=O) groups is 1. The van der Waals surface area contributed by atoms with Crippen LogP contribution in [0.4, 0.5) is 0 Å². The molecule has 0 heterocycles. The highest BCUT2D eigenvalue weighted by atomic mass is 79.9. The maximum absolute atomic E-state index is 9.52. The van der Waals surface area contributed by atoms with Crippen molar-refractivity contribution in [3.05, 3.63) is 0 Å². The minimum atomic E-state index is -1.06. The van der Waals surface area contributed by atoms with E-state index >= 15 is 0 Å². The molecule has 1 N–H and O–H groups in total. The summed E-state index contributed by atoms with van der Waals surface area (Å²) < 4.78 is -0.947. The Hall–Kier alpha value is 0.530. The average molecular weight is 210 g/mol. The second-order valence-corrected chi connectivity index (χ2v) is 2.52. The van der Waals surface area contributed by atoms with E-state index in [0.29, 0.717) is 0 Å². The molecule has 0 aromatic heterocycles. The lowest BCUT2D eigenvalue weighted by molar-refractivity contribution is -0.134. The minimum absolute atomic E-state index is 0. The molecule has 0 fully saturated rings. The van der Waals surface area contributed by atoms with E-state index in [1.54, 1.807) is 0 Å². The second-order valence-electron chi connectivity index (χ2n) is 0.639. The molecule has 7 heavy (non-hydrogen) atoms. The van der Waals surface area contributed by atoms with E-state index in [1.165, 1.54) is 0 Å². The molecule has 0 aromatic carbocycles. The zero-order chi connectivity index (χ0) is 5.15. The maximum atomic E-state index is 9.52. The van der Waals surface area contributed by atoms with Crippen LogP contribution in [0.25, 0.3) is 0 Å². The quantitative estimate of drug-likeness (QED) is 0.664. The fraction of sp³-hybridized carbons (Fsp3) is 0.500. The molecule has 2 nitrogen and oxygen atoms in total. The third-order valence-electron chi connectivity index (χ3n) is 0.187. The van der Waals surface area contributed by atoms with Crippen LogP contribution < -0.4 is 0 Å². The monoisotopic (exact) mass is 208 g/mol. The van der Waals surface area contributed by atoms with Crippen LogP contribution in [-0.4, -0.2) is 15.4 Å². The van der Waals surface area contributed by atoms with Crippen LogP contribution >= 0.6 is 39.9 Å². The van der Waals surface area contributed by atoms with E-state index in [4.69, 9.17) is 16.7 Å². The van der Waals surface area contributed by atoms with Crippen molar-refractivity contribution < 1.29 is 9.90 Å². The van der Waals surface area contributed by atoms with Crippen LogP contribution in [0.5, 0.6) is 0 Å². The highest BCUT2D eigenvalue weighted by Crippen LogP contribution is 2.02. The zero-order valence-electron chi connectivity index (χ0n) is 3.10. The van der Waals surface area contributed by atoms with E-state index in [1.807, 2.05) is 0 Å². The zero-order valence-corrected chi connectivity index (χ0v) is 6.26. The van der Waals surface area contributed by atoms with Gasteiger partial charge in [-0.3, -0.25) is 0 Å². The number of aliphatic carboxylic acids is 1. The van der Waals surface area contributed by atoms with Crippen molar-refractivity contribution in [1.82, 2.24) is 0 Å². The second kappa shape index (κ2) is 4.68. The van der Waals surface area contributed by atoms with Gasteiger partial charge in [-0.2, -0.15) is 0 Å². The molecule has 1 atom stereocenters. The van der Waals surface area contributed by atoms with Crippen molar-refractivity contribution >= 4 is 45.9 Å². The van der Waals surface area contributed by atoms with E-state index in [2.05, 4.69) is 15.9 Å². The molecule has 1 unspecified atom stereocenters. The van der Waals surface area contributed by atoms with Gasteiger partial charge in [0.15, 0.2) is 4.29 Å². The highest BCUT2D eigenvalue weighted by molar-refractivity contribution is 9.10. The van der Waals surface area contributed by atoms with Gasteiger partial charge in [-0.05, 0) is 0 Å². The van der Waals surface area contributed by atoms with Gasteiger partial charge in [-0.15, -0.1) is 12.4 Å². The van der Waals surface area contributed by atoms with Crippen LogP contribution in [-0.2, 0) is 4.79 Å². The van der Waals surface area contributed by atoms with Crippen LogP contribution in [0.1, 0.15) is 0 Å². The lowest BCUT2D eigenvalue weighted by Gasteiger charge is -1.84. The first-order chi connectivity index (χ1) is 2.64. The molecule has 0 rings (SSSR count). The first kappa shape index (κ1) is 10.5. The lowest BCUT2D eigenvalue weighted by atomic mass is 10.8. The topological polar surface area (TPSA) is 37.3 Å². The molecule has 0 aliphatic heterocycles. The SMILES string of the molecule is Cl.O=C(O)C(Cl)Br. The van der Waals surface area contributed by atoms with E-state index in [0.717, 1.165) is 0 Å². The molecule has 0 spiro atoms. The fourth-order valence-electron chi connectivity index (χ4n) is 0. The van der Waals surface area contributed by atoms with Gasteiger partial charge in [0.1, 0.15) is 0 Å². The Morgan fingerprint density at radius 2 is 2.00 bits per heavy atom. The van der Waals surface area contributed by atoms with Crippen molar-refractivity contribution in [3.63, 3.8) is 0 Å². The van der Waals surface area contributed by atoms with Crippen LogP contribution in [0.2, 0.25) is 0 Å². The molecule has 44 valence electrons. The van der Waals surface area contributed by atoms with Gasteiger partial charge in [-0.25, -0.2) is 4.79 Å². The van der Waals surface area contributed by atoms with Crippen LogP contribution in [0.3, 0.4) is 0 Å². The normalized spacial score (nSPS) is 11.7. The summed E-state index contributed by atoms with van der Waals surface area (Å²) >= 11 is 7.53. The summed E-state index contributed by atoms with van der Waals surface area (Å²) in [7, 11) is 0. The first-order valence-corrected chi connectivity index (χ1v) is 2.50. The van der Waals surface area contributed by atoms with Crippen molar-refractivity contribution in [3.8, 4) is 0 Å². The van der Waals surface area contributed by atoms with Gasteiger partial charge < -0.3 is 5.11 Å². The molecule has 0 saturated carbocycles. The van der Waals surface area contributed by atoms with E-state index in [9.17, 15) is 4.79 Å². The summed E-state index contributed by atoms with van der Waals surface area (Å²) in [5.41, 5.74) is 0. The summed E-state index contributed by atoms with van der Waals surface area (Å²) in [5, 5.41) is 7.81. The van der Waals surface area contributed by atoms with Gasteiger partial charge in [0.05, 0.1) is 0 Å². The molecule has 0 aliphatic carbocycles. The van der Waals surface area contributed by atoms with Gasteiger partial charge in [-0.1, -0.05) is 27.5 Å². The van der Waals surface area contributed by atoms with Crippen molar-refractivity contribution in [2.45, 2.75) is 4.29 Å². The van der Waals surface area contributed by atoms with Gasteiger partial charge in [0, 0.05) is 0 Å². The third-order valence-corrected chi connectivity index (χ3v) is 0.765. The number of carboxylic acid groups (broad SMARTS) is 1. The third kappa shape index (κ3) is 6.53. The Balaban J connectivity index is 0. The Bertz CT molecular complexity index is 64.7. The molecule has 0 bridgehead atoms. The molecule has 5 heteroatoms. The number of carboxylic acids is 1. The smallest absolute Gasteiger partial charge is 0.332 e. The van der Waals surface area contributed by atoms with E-state index < -0.39 is 10.3 Å². The largest absolute Gasteiger partial charge is 0.480 e. The number of halogens is 3. The Morgan fingerprint density at radius 1 is 1.86 bits per heavy atom. The summed E-state index contributed by atoms with van der Waals surface area (Å²) in [5.74, 6) is -1.06. The Kier molecular flexibility index (Phi) is 7.02. The van der Waals surface area contributed by atoms with Crippen molar-refractivity contribution in [2.24, 2.45) is 0 Å².